The summed E-state index contributed by atoms with van der Waals surface area (Å²) in [6, 6.07) is 5.55. The average molecular weight is 272 g/mol. The lowest BCUT2D eigenvalue weighted by Crippen LogP contribution is -2.36. The molecule has 1 N–H and O–H groups in total. The lowest BCUT2D eigenvalue weighted by molar-refractivity contribution is 0.445. The predicted molar refractivity (Wildman–Crippen MR) is 77.9 cm³/mol. The maximum Gasteiger partial charge on any atom is 0.0493 e. The SMILES string of the molecule is CC(=Cc1ccc(Cl)cc1Cl)CNC(C)(C)C. The van der Waals surface area contributed by atoms with Crippen molar-refractivity contribution in [2.75, 3.05) is 6.54 Å². The van der Waals surface area contributed by atoms with Gasteiger partial charge in [0.05, 0.1) is 0 Å². The van der Waals surface area contributed by atoms with Gasteiger partial charge in [-0.25, -0.2) is 0 Å². The number of rotatable bonds is 3. The van der Waals surface area contributed by atoms with Crippen molar-refractivity contribution in [3.8, 4) is 0 Å². The third-order valence-corrected chi connectivity index (χ3v) is 2.82. The van der Waals surface area contributed by atoms with Crippen molar-refractivity contribution in [1.82, 2.24) is 5.32 Å². The molecule has 0 spiro atoms. The first-order chi connectivity index (χ1) is 7.78. The number of benzene rings is 1. The Hall–Kier alpha value is -0.500. The first-order valence-corrected chi connectivity index (χ1v) is 6.41. The Bertz CT molecular complexity index is 417. The van der Waals surface area contributed by atoms with Gasteiger partial charge in [0, 0.05) is 22.1 Å². The highest BCUT2D eigenvalue weighted by Crippen LogP contribution is 2.23. The molecule has 1 aromatic carbocycles. The van der Waals surface area contributed by atoms with Gasteiger partial charge in [0.15, 0.2) is 0 Å². The van der Waals surface area contributed by atoms with Crippen LogP contribution in [0, 0.1) is 0 Å². The molecule has 0 bridgehead atoms. The molecule has 1 aromatic rings. The zero-order chi connectivity index (χ0) is 13.1. The van der Waals surface area contributed by atoms with Gasteiger partial charge in [-0.15, -0.1) is 0 Å². The van der Waals surface area contributed by atoms with Crippen LogP contribution >= 0.6 is 23.2 Å². The highest BCUT2D eigenvalue weighted by molar-refractivity contribution is 6.35. The molecule has 0 saturated heterocycles. The lowest BCUT2D eigenvalue weighted by atomic mass is 10.1. The first kappa shape index (κ1) is 14.6. The quantitative estimate of drug-likeness (QED) is 0.834. The van der Waals surface area contributed by atoms with E-state index in [-0.39, 0.29) is 5.54 Å². The molecule has 0 aliphatic carbocycles. The fraction of sp³-hybridized carbons (Fsp3) is 0.429. The van der Waals surface area contributed by atoms with Crippen LogP contribution < -0.4 is 5.32 Å². The fourth-order valence-electron chi connectivity index (χ4n) is 1.34. The molecule has 0 fully saturated rings. The Kier molecular flexibility index (Phi) is 5.05. The van der Waals surface area contributed by atoms with Crippen LogP contribution in [0.2, 0.25) is 10.0 Å². The highest BCUT2D eigenvalue weighted by Gasteiger charge is 2.08. The van der Waals surface area contributed by atoms with Gasteiger partial charge in [-0.3, -0.25) is 0 Å². The molecule has 0 radical (unpaired) electrons. The summed E-state index contributed by atoms with van der Waals surface area (Å²) in [5.74, 6) is 0. The normalized spacial score (nSPS) is 12.9. The molecule has 0 aromatic heterocycles. The van der Waals surface area contributed by atoms with Crippen LogP contribution in [-0.4, -0.2) is 12.1 Å². The van der Waals surface area contributed by atoms with Crippen molar-refractivity contribution in [1.29, 1.82) is 0 Å². The van der Waals surface area contributed by atoms with E-state index in [0.717, 1.165) is 12.1 Å². The topological polar surface area (TPSA) is 12.0 Å². The van der Waals surface area contributed by atoms with Crippen molar-refractivity contribution >= 4 is 29.3 Å². The predicted octanol–water partition coefficient (Wildman–Crippen LogP) is 4.78. The molecule has 0 amide bonds. The molecule has 0 heterocycles. The molecule has 94 valence electrons. The van der Waals surface area contributed by atoms with Crippen molar-refractivity contribution < 1.29 is 0 Å². The first-order valence-electron chi connectivity index (χ1n) is 5.65. The molecular formula is C14H19Cl2N. The number of hydrogen-bond donors (Lipinski definition) is 1. The molecule has 17 heavy (non-hydrogen) atoms. The van der Waals surface area contributed by atoms with E-state index in [1.54, 1.807) is 6.07 Å². The summed E-state index contributed by atoms with van der Waals surface area (Å²) in [7, 11) is 0. The largest absolute Gasteiger partial charge is 0.308 e. The van der Waals surface area contributed by atoms with E-state index in [1.165, 1.54) is 5.57 Å². The van der Waals surface area contributed by atoms with Crippen molar-refractivity contribution in [3.05, 3.63) is 39.4 Å². The molecule has 0 atom stereocenters. The van der Waals surface area contributed by atoms with Gasteiger partial charge in [-0.1, -0.05) is 40.9 Å². The smallest absolute Gasteiger partial charge is 0.0493 e. The van der Waals surface area contributed by atoms with Crippen LogP contribution in [0.15, 0.2) is 23.8 Å². The van der Waals surface area contributed by atoms with Gasteiger partial charge in [0.2, 0.25) is 0 Å². The van der Waals surface area contributed by atoms with Crippen LogP contribution in [0.3, 0.4) is 0 Å². The summed E-state index contributed by atoms with van der Waals surface area (Å²) < 4.78 is 0. The molecular weight excluding hydrogens is 253 g/mol. The Morgan fingerprint density at radius 1 is 1.29 bits per heavy atom. The number of halogens is 2. The minimum atomic E-state index is 0.124. The van der Waals surface area contributed by atoms with Gasteiger partial charge < -0.3 is 5.32 Å². The van der Waals surface area contributed by atoms with Crippen LogP contribution in [0.1, 0.15) is 33.3 Å². The summed E-state index contributed by atoms with van der Waals surface area (Å²) in [5.41, 5.74) is 2.37. The lowest BCUT2D eigenvalue weighted by Gasteiger charge is -2.20. The van der Waals surface area contributed by atoms with E-state index < -0.39 is 0 Å². The molecule has 0 aliphatic heterocycles. The van der Waals surface area contributed by atoms with Crippen molar-refractivity contribution in [2.24, 2.45) is 0 Å². The second kappa shape index (κ2) is 5.90. The molecule has 1 nitrogen and oxygen atoms in total. The number of hydrogen-bond acceptors (Lipinski definition) is 1. The van der Waals surface area contributed by atoms with E-state index in [2.05, 4.69) is 39.1 Å². The van der Waals surface area contributed by atoms with Crippen LogP contribution in [0.25, 0.3) is 6.08 Å². The maximum absolute atomic E-state index is 6.11. The van der Waals surface area contributed by atoms with Gasteiger partial charge in [-0.05, 0) is 45.4 Å². The minimum absolute atomic E-state index is 0.124. The summed E-state index contributed by atoms with van der Waals surface area (Å²) in [6.45, 7) is 9.38. The van der Waals surface area contributed by atoms with Crippen molar-refractivity contribution in [2.45, 2.75) is 33.2 Å². The monoisotopic (exact) mass is 271 g/mol. The zero-order valence-corrected chi connectivity index (χ0v) is 12.3. The maximum atomic E-state index is 6.11. The second-order valence-electron chi connectivity index (χ2n) is 5.26. The van der Waals surface area contributed by atoms with Crippen molar-refractivity contribution in [3.63, 3.8) is 0 Å². The Morgan fingerprint density at radius 2 is 1.94 bits per heavy atom. The molecule has 0 aliphatic rings. The van der Waals surface area contributed by atoms with Gasteiger partial charge >= 0.3 is 0 Å². The minimum Gasteiger partial charge on any atom is -0.308 e. The third-order valence-electron chi connectivity index (χ3n) is 2.26. The number of nitrogens with one attached hydrogen (secondary N) is 1. The summed E-state index contributed by atoms with van der Waals surface area (Å²) in [6.07, 6.45) is 2.08. The third kappa shape index (κ3) is 5.58. The van der Waals surface area contributed by atoms with E-state index in [9.17, 15) is 0 Å². The summed E-state index contributed by atoms with van der Waals surface area (Å²) in [5, 5.41) is 4.79. The zero-order valence-electron chi connectivity index (χ0n) is 10.8. The highest BCUT2D eigenvalue weighted by atomic mass is 35.5. The fourth-order valence-corrected chi connectivity index (χ4v) is 1.80. The Labute approximate surface area is 114 Å². The average Bonchev–Trinajstić information content (AvgIpc) is 2.18. The van der Waals surface area contributed by atoms with Crippen LogP contribution in [0.5, 0.6) is 0 Å². The van der Waals surface area contributed by atoms with E-state index >= 15 is 0 Å². The molecule has 0 saturated carbocycles. The summed E-state index contributed by atoms with van der Waals surface area (Å²) >= 11 is 12.0. The van der Waals surface area contributed by atoms with Crippen LogP contribution in [0.4, 0.5) is 0 Å². The van der Waals surface area contributed by atoms with Crippen LogP contribution in [-0.2, 0) is 0 Å². The summed E-state index contributed by atoms with van der Waals surface area (Å²) in [4.78, 5) is 0. The van der Waals surface area contributed by atoms with E-state index in [1.807, 2.05) is 12.1 Å². The Morgan fingerprint density at radius 3 is 2.47 bits per heavy atom. The Balaban J connectivity index is 2.74. The molecule has 0 unspecified atom stereocenters. The molecule has 3 heteroatoms. The van der Waals surface area contributed by atoms with Gasteiger partial charge in [0.1, 0.15) is 0 Å². The van der Waals surface area contributed by atoms with Gasteiger partial charge in [-0.2, -0.15) is 0 Å². The van der Waals surface area contributed by atoms with E-state index in [0.29, 0.717) is 10.0 Å². The standard InChI is InChI=1S/C14H19Cl2N/c1-10(9-17-14(2,3)4)7-11-5-6-12(15)8-13(11)16/h5-8,17H,9H2,1-4H3. The van der Waals surface area contributed by atoms with E-state index in [4.69, 9.17) is 23.2 Å². The second-order valence-corrected chi connectivity index (χ2v) is 6.10. The van der Waals surface area contributed by atoms with Gasteiger partial charge in [0.25, 0.3) is 0 Å². The molecule has 1 rings (SSSR count).